The smallest absolute Gasteiger partial charge is 0.0103 e. The van der Waals surface area contributed by atoms with Gasteiger partial charge in [-0.1, -0.05) is 24.3 Å². The molecule has 1 nitrogen and oxygen atoms in total. The second kappa shape index (κ2) is 5.89. The third-order valence-corrected chi connectivity index (χ3v) is 5.12. The van der Waals surface area contributed by atoms with Gasteiger partial charge in [0.1, 0.15) is 0 Å². The predicted molar refractivity (Wildman–Crippen MR) is 83.2 cm³/mol. The molecule has 1 aromatic heterocycles. The lowest BCUT2D eigenvalue weighted by atomic mass is 9.86. The monoisotopic (exact) mass is 271 g/mol. The summed E-state index contributed by atoms with van der Waals surface area (Å²) < 4.78 is 0. The Kier molecular flexibility index (Phi) is 4.00. The van der Waals surface area contributed by atoms with Crippen molar-refractivity contribution in [3.8, 4) is 0 Å². The van der Waals surface area contributed by atoms with Crippen molar-refractivity contribution in [2.75, 3.05) is 13.6 Å². The van der Waals surface area contributed by atoms with Crippen LogP contribution < -0.4 is 5.32 Å². The van der Waals surface area contributed by atoms with Gasteiger partial charge in [0.25, 0.3) is 0 Å². The molecule has 19 heavy (non-hydrogen) atoms. The third-order valence-electron chi connectivity index (χ3n) is 4.13. The van der Waals surface area contributed by atoms with Gasteiger partial charge in [0.15, 0.2) is 0 Å². The fourth-order valence-corrected chi connectivity index (χ4v) is 4.12. The van der Waals surface area contributed by atoms with Crippen molar-refractivity contribution in [1.82, 2.24) is 5.32 Å². The summed E-state index contributed by atoms with van der Waals surface area (Å²) in [6, 6.07) is 11.4. The average Bonchev–Trinajstić information content (AvgIpc) is 2.85. The number of rotatable bonds is 4. The molecule has 0 radical (unpaired) electrons. The summed E-state index contributed by atoms with van der Waals surface area (Å²) in [4.78, 5) is 1.60. The van der Waals surface area contributed by atoms with E-state index in [4.69, 9.17) is 0 Å². The summed E-state index contributed by atoms with van der Waals surface area (Å²) in [5.41, 5.74) is 4.71. The van der Waals surface area contributed by atoms with E-state index < -0.39 is 0 Å². The molecule has 1 heterocycles. The van der Waals surface area contributed by atoms with Gasteiger partial charge in [0.2, 0.25) is 0 Å². The second-order valence-corrected chi connectivity index (χ2v) is 6.30. The Morgan fingerprint density at radius 1 is 1.16 bits per heavy atom. The number of hydrogen-bond acceptors (Lipinski definition) is 2. The lowest BCUT2D eigenvalue weighted by Crippen LogP contribution is -2.10. The highest BCUT2D eigenvalue weighted by Crippen LogP contribution is 2.39. The molecule has 1 aliphatic rings. The maximum atomic E-state index is 3.27. The van der Waals surface area contributed by atoms with E-state index in [0.29, 0.717) is 5.92 Å². The largest absolute Gasteiger partial charge is 0.320 e. The molecule has 0 saturated heterocycles. The van der Waals surface area contributed by atoms with Gasteiger partial charge in [-0.25, -0.2) is 0 Å². The molecule has 0 saturated carbocycles. The van der Waals surface area contributed by atoms with Crippen LogP contribution in [0.5, 0.6) is 0 Å². The third kappa shape index (κ3) is 2.60. The van der Waals surface area contributed by atoms with Crippen LogP contribution >= 0.6 is 11.3 Å². The Hall–Kier alpha value is -1.12. The van der Waals surface area contributed by atoms with Crippen LogP contribution in [-0.4, -0.2) is 13.6 Å². The summed E-state index contributed by atoms with van der Waals surface area (Å²) in [5.74, 6) is 0.605. The van der Waals surface area contributed by atoms with Gasteiger partial charge in [-0.05, 0) is 67.4 Å². The highest BCUT2D eigenvalue weighted by atomic mass is 32.1. The van der Waals surface area contributed by atoms with Gasteiger partial charge in [-0.15, -0.1) is 11.3 Å². The van der Waals surface area contributed by atoms with E-state index >= 15 is 0 Å². The first-order valence-corrected chi connectivity index (χ1v) is 8.07. The van der Waals surface area contributed by atoms with Gasteiger partial charge in [-0.3, -0.25) is 0 Å². The van der Waals surface area contributed by atoms with E-state index in [1.807, 2.05) is 18.4 Å². The molecule has 2 aromatic rings. The number of benzene rings is 1. The van der Waals surface area contributed by atoms with Gasteiger partial charge in [0, 0.05) is 10.8 Å². The minimum atomic E-state index is 0.605. The maximum absolute atomic E-state index is 3.27. The van der Waals surface area contributed by atoms with Crippen LogP contribution in [-0.2, 0) is 12.8 Å². The van der Waals surface area contributed by atoms with Gasteiger partial charge < -0.3 is 5.32 Å². The Bertz CT molecular complexity index is 544. The molecule has 1 atom stereocenters. The number of nitrogens with one attached hydrogen (secondary N) is 1. The average molecular weight is 271 g/mol. The van der Waals surface area contributed by atoms with E-state index in [1.165, 1.54) is 25.7 Å². The lowest BCUT2D eigenvalue weighted by Gasteiger charge is -2.18. The quantitative estimate of drug-likeness (QED) is 0.829. The topological polar surface area (TPSA) is 12.0 Å². The van der Waals surface area contributed by atoms with E-state index in [0.717, 1.165) is 6.54 Å². The zero-order valence-electron chi connectivity index (χ0n) is 11.5. The van der Waals surface area contributed by atoms with Crippen LogP contribution in [0.15, 0.2) is 35.7 Å². The number of hydrogen-bond donors (Lipinski definition) is 1. The van der Waals surface area contributed by atoms with Crippen LogP contribution in [0.2, 0.25) is 0 Å². The van der Waals surface area contributed by atoms with Crippen molar-refractivity contribution < 1.29 is 0 Å². The highest BCUT2D eigenvalue weighted by Gasteiger charge is 2.23. The zero-order valence-corrected chi connectivity index (χ0v) is 12.3. The molecule has 1 aliphatic carbocycles. The van der Waals surface area contributed by atoms with E-state index in [2.05, 4.69) is 41.0 Å². The Balaban J connectivity index is 1.96. The summed E-state index contributed by atoms with van der Waals surface area (Å²) in [7, 11) is 2.04. The summed E-state index contributed by atoms with van der Waals surface area (Å²) in [6.07, 6.45) is 4.91. The zero-order chi connectivity index (χ0) is 13.1. The molecule has 3 rings (SSSR count). The molecule has 0 spiro atoms. The number of fused-ring (bicyclic) bond motifs is 2. The van der Waals surface area contributed by atoms with Crippen LogP contribution in [0.4, 0.5) is 0 Å². The molecule has 1 aromatic carbocycles. The van der Waals surface area contributed by atoms with Crippen molar-refractivity contribution in [1.29, 1.82) is 0 Å². The normalized spacial score (nSPS) is 17.6. The molecule has 0 fully saturated rings. The molecule has 2 heteroatoms. The number of thiophene rings is 1. The molecule has 100 valence electrons. The van der Waals surface area contributed by atoms with Crippen LogP contribution in [0.1, 0.15) is 40.3 Å². The molecule has 0 bridgehead atoms. The van der Waals surface area contributed by atoms with Crippen molar-refractivity contribution >= 4 is 11.3 Å². The highest BCUT2D eigenvalue weighted by molar-refractivity contribution is 7.10. The standard InChI is InChI=1S/C17H21NS/c1-18-11-4-7-15-14-6-3-2-5-13(14)8-9-17-16(15)10-12-19-17/h2-3,5-6,10,12,15,18H,4,7-9,11H2,1H3. The minimum absolute atomic E-state index is 0.605. The summed E-state index contributed by atoms with van der Waals surface area (Å²) >= 11 is 1.94. The van der Waals surface area contributed by atoms with Crippen molar-refractivity contribution in [2.45, 2.75) is 31.6 Å². The maximum Gasteiger partial charge on any atom is 0.0103 e. The first kappa shape index (κ1) is 12.9. The van der Waals surface area contributed by atoms with Crippen molar-refractivity contribution in [2.24, 2.45) is 0 Å². The SMILES string of the molecule is CNCCCC1c2ccccc2CCc2sccc21. The first-order chi connectivity index (χ1) is 9.40. The van der Waals surface area contributed by atoms with E-state index in [-0.39, 0.29) is 0 Å². The first-order valence-electron chi connectivity index (χ1n) is 7.19. The summed E-state index contributed by atoms with van der Waals surface area (Å²) in [6.45, 7) is 1.11. The second-order valence-electron chi connectivity index (χ2n) is 5.30. The van der Waals surface area contributed by atoms with Gasteiger partial charge >= 0.3 is 0 Å². The lowest BCUT2D eigenvalue weighted by molar-refractivity contribution is 0.628. The molecule has 1 unspecified atom stereocenters. The van der Waals surface area contributed by atoms with Crippen LogP contribution in [0.3, 0.4) is 0 Å². The Morgan fingerprint density at radius 3 is 2.95 bits per heavy atom. The van der Waals surface area contributed by atoms with Crippen molar-refractivity contribution in [3.05, 3.63) is 57.3 Å². The van der Waals surface area contributed by atoms with Gasteiger partial charge in [-0.2, -0.15) is 0 Å². The molecule has 1 N–H and O–H groups in total. The molecular weight excluding hydrogens is 250 g/mol. The van der Waals surface area contributed by atoms with Gasteiger partial charge in [0.05, 0.1) is 0 Å². The van der Waals surface area contributed by atoms with Crippen LogP contribution in [0, 0.1) is 0 Å². The predicted octanol–water partition coefficient (Wildman–Crippen LogP) is 3.98. The fourth-order valence-electron chi connectivity index (χ4n) is 3.18. The number of aryl methyl sites for hydroxylation is 2. The minimum Gasteiger partial charge on any atom is -0.320 e. The molecule has 0 aliphatic heterocycles. The van der Waals surface area contributed by atoms with E-state index in [1.54, 1.807) is 21.6 Å². The summed E-state index contributed by atoms with van der Waals surface area (Å²) in [5, 5.41) is 5.53. The van der Waals surface area contributed by atoms with Crippen LogP contribution in [0.25, 0.3) is 0 Å². The molecule has 0 amide bonds. The Morgan fingerprint density at radius 2 is 2.05 bits per heavy atom. The van der Waals surface area contributed by atoms with E-state index in [9.17, 15) is 0 Å². The van der Waals surface area contributed by atoms with Crippen molar-refractivity contribution in [3.63, 3.8) is 0 Å². The Labute approximate surface area is 119 Å². The molecular formula is C17H21NS. The fraction of sp³-hybridized carbons (Fsp3) is 0.412.